The fraction of sp³-hybridized carbons (Fsp3) is 0.310. The van der Waals surface area contributed by atoms with Crippen LogP contribution in [0, 0.1) is 0 Å². The molecule has 6 rings (SSSR count). The minimum atomic E-state index is -2.96. The van der Waals surface area contributed by atoms with Crippen LogP contribution in [0.2, 0.25) is 0 Å². The van der Waals surface area contributed by atoms with Crippen LogP contribution in [0.15, 0.2) is 66.9 Å². The minimum absolute atomic E-state index is 0.0725. The van der Waals surface area contributed by atoms with Crippen molar-refractivity contribution >= 4 is 38.3 Å². The number of carbonyl (C=O) groups excluding carboxylic acids is 1. The molecule has 0 atom stereocenters. The Morgan fingerprint density at radius 3 is 2.42 bits per heavy atom. The number of fused-ring (bicyclic) bond motifs is 3. The Bertz CT molecular complexity index is 1590. The lowest BCUT2D eigenvalue weighted by Gasteiger charge is -2.35. The maximum absolute atomic E-state index is 13.1. The number of aromatic nitrogens is 2. The number of pyridine rings is 1. The van der Waals surface area contributed by atoms with Crippen molar-refractivity contribution in [3.63, 3.8) is 0 Å². The van der Waals surface area contributed by atoms with Crippen LogP contribution in [0.4, 0.5) is 16.2 Å². The Morgan fingerprint density at radius 2 is 1.74 bits per heavy atom. The molecule has 9 heteroatoms. The van der Waals surface area contributed by atoms with E-state index in [0.717, 1.165) is 58.9 Å². The molecule has 0 unspecified atom stereocenters. The van der Waals surface area contributed by atoms with Crippen molar-refractivity contribution < 1.29 is 13.2 Å². The zero-order chi connectivity index (χ0) is 26.4. The first-order valence-corrected chi connectivity index (χ1v) is 14.8. The molecule has 2 aliphatic heterocycles. The Balaban J connectivity index is 1.23. The number of benzene rings is 2. The maximum Gasteiger partial charge on any atom is 0.329 e. The number of H-pyrrole nitrogens is 1. The van der Waals surface area contributed by atoms with Crippen molar-refractivity contribution in [1.82, 2.24) is 14.9 Å². The first-order valence-electron chi connectivity index (χ1n) is 12.9. The summed E-state index contributed by atoms with van der Waals surface area (Å²) in [6.45, 7) is 2.90. The highest BCUT2D eigenvalue weighted by atomic mass is 32.2. The van der Waals surface area contributed by atoms with Gasteiger partial charge in [0, 0.05) is 42.2 Å². The summed E-state index contributed by atoms with van der Waals surface area (Å²) in [4.78, 5) is 26.9. The summed E-state index contributed by atoms with van der Waals surface area (Å²) < 4.78 is 23.7. The molecule has 1 N–H and O–H groups in total. The molecule has 38 heavy (non-hydrogen) atoms. The second-order valence-electron chi connectivity index (χ2n) is 10.3. The third-order valence-corrected chi connectivity index (χ3v) is 9.50. The number of nitrogens with zero attached hydrogens (tertiary/aromatic N) is 4. The average Bonchev–Trinajstić information content (AvgIpc) is 3.36. The van der Waals surface area contributed by atoms with Crippen molar-refractivity contribution in [2.75, 3.05) is 36.2 Å². The summed E-state index contributed by atoms with van der Waals surface area (Å²) in [5.74, 6) is 0. The van der Waals surface area contributed by atoms with E-state index >= 15 is 0 Å². The number of likely N-dealkylation sites (tertiary alicyclic amines) is 1. The van der Waals surface area contributed by atoms with Crippen molar-refractivity contribution in [3.8, 4) is 11.3 Å². The van der Waals surface area contributed by atoms with Gasteiger partial charge < -0.3 is 4.98 Å². The standard InChI is InChI=1S/C29H31N5O3S/c1-32-27-17-30-28-24(25(27)19-34(29(32)35)22-6-4-3-5-7-22)16-26(31-28)21-10-8-20(9-11-21)18-33-14-12-23(13-15-33)38(2,36)37/h3-11,16-17,23H,12-15,18-19H2,1-2H3,(H,30,31). The van der Waals surface area contributed by atoms with Crippen molar-refractivity contribution in [3.05, 3.63) is 78.0 Å². The summed E-state index contributed by atoms with van der Waals surface area (Å²) in [5.41, 5.74) is 6.81. The zero-order valence-corrected chi connectivity index (χ0v) is 22.4. The molecule has 0 aliphatic carbocycles. The highest BCUT2D eigenvalue weighted by molar-refractivity contribution is 7.91. The molecule has 2 aromatic heterocycles. The first-order chi connectivity index (χ1) is 18.3. The number of anilines is 2. The van der Waals surface area contributed by atoms with Gasteiger partial charge in [0.05, 0.1) is 23.7 Å². The third kappa shape index (κ3) is 4.56. The lowest BCUT2D eigenvalue weighted by Crippen LogP contribution is -2.45. The lowest BCUT2D eigenvalue weighted by atomic mass is 10.0. The number of rotatable bonds is 5. The summed E-state index contributed by atoms with van der Waals surface area (Å²) in [7, 11) is -1.16. The molecule has 0 radical (unpaired) electrons. The van der Waals surface area contributed by atoms with E-state index in [9.17, 15) is 13.2 Å². The molecule has 0 bridgehead atoms. The lowest BCUT2D eigenvalue weighted by molar-refractivity contribution is 0.222. The molecule has 196 valence electrons. The van der Waals surface area contributed by atoms with E-state index in [1.54, 1.807) is 23.0 Å². The Kier molecular flexibility index (Phi) is 6.20. The number of amides is 2. The van der Waals surface area contributed by atoms with Crippen LogP contribution in [0.25, 0.3) is 22.3 Å². The van der Waals surface area contributed by atoms with Crippen LogP contribution in [0.5, 0.6) is 0 Å². The number of sulfone groups is 1. The van der Waals surface area contributed by atoms with Crippen LogP contribution in [0.1, 0.15) is 24.0 Å². The van der Waals surface area contributed by atoms with Crippen molar-refractivity contribution in [1.29, 1.82) is 0 Å². The molecule has 1 fully saturated rings. The summed E-state index contributed by atoms with van der Waals surface area (Å²) in [6, 6.07) is 20.3. The minimum Gasteiger partial charge on any atom is -0.339 e. The van der Waals surface area contributed by atoms with Gasteiger partial charge in [0.15, 0.2) is 0 Å². The second kappa shape index (κ2) is 9.56. The van der Waals surface area contributed by atoms with E-state index in [0.29, 0.717) is 19.4 Å². The number of urea groups is 1. The molecule has 2 aromatic carbocycles. The van der Waals surface area contributed by atoms with Gasteiger partial charge in [-0.15, -0.1) is 0 Å². The van der Waals surface area contributed by atoms with E-state index in [1.165, 1.54) is 11.8 Å². The highest BCUT2D eigenvalue weighted by Gasteiger charge is 2.31. The number of hydrogen-bond acceptors (Lipinski definition) is 5. The molecule has 8 nitrogen and oxygen atoms in total. The molecule has 0 spiro atoms. The van der Waals surface area contributed by atoms with Gasteiger partial charge in [-0.05, 0) is 55.3 Å². The van der Waals surface area contributed by atoms with Gasteiger partial charge in [-0.2, -0.15) is 0 Å². The predicted molar refractivity (Wildman–Crippen MR) is 151 cm³/mol. The third-order valence-electron chi connectivity index (χ3n) is 7.82. The summed E-state index contributed by atoms with van der Waals surface area (Å²) in [6.07, 6.45) is 4.52. The van der Waals surface area contributed by atoms with Gasteiger partial charge in [-0.3, -0.25) is 14.7 Å². The highest BCUT2D eigenvalue weighted by Crippen LogP contribution is 2.36. The van der Waals surface area contributed by atoms with Gasteiger partial charge in [0.25, 0.3) is 0 Å². The molecule has 2 aliphatic rings. The summed E-state index contributed by atoms with van der Waals surface area (Å²) >= 11 is 0. The largest absolute Gasteiger partial charge is 0.339 e. The van der Waals surface area contributed by atoms with Crippen LogP contribution in [-0.2, 0) is 22.9 Å². The van der Waals surface area contributed by atoms with E-state index in [1.807, 2.05) is 30.3 Å². The number of para-hydroxylation sites is 1. The normalized spacial score (nSPS) is 17.3. The molecule has 1 saturated heterocycles. The molecule has 4 heterocycles. The van der Waals surface area contributed by atoms with Crippen LogP contribution in [0.3, 0.4) is 0 Å². The van der Waals surface area contributed by atoms with Gasteiger partial charge in [-0.25, -0.2) is 18.2 Å². The average molecular weight is 530 g/mol. The Hall–Kier alpha value is -3.69. The number of nitrogens with one attached hydrogen (secondary N) is 1. The number of piperidine rings is 1. The van der Waals surface area contributed by atoms with E-state index in [4.69, 9.17) is 0 Å². The quantitative estimate of drug-likeness (QED) is 0.401. The van der Waals surface area contributed by atoms with Crippen molar-refractivity contribution in [2.24, 2.45) is 0 Å². The van der Waals surface area contributed by atoms with Crippen LogP contribution in [-0.4, -0.2) is 61.0 Å². The van der Waals surface area contributed by atoms with Gasteiger partial charge in [-0.1, -0.05) is 42.5 Å². The second-order valence-corrected chi connectivity index (χ2v) is 12.7. The monoisotopic (exact) mass is 529 g/mol. The Morgan fingerprint density at radius 1 is 1.03 bits per heavy atom. The molecular formula is C29H31N5O3S. The number of carbonyl (C=O) groups is 1. The smallest absolute Gasteiger partial charge is 0.329 e. The Labute approximate surface area is 222 Å². The van der Waals surface area contributed by atoms with Crippen LogP contribution >= 0.6 is 0 Å². The van der Waals surface area contributed by atoms with Gasteiger partial charge >= 0.3 is 6.03 Å². The topological polar surface area (TPSA) is 89.6 Å². The van der Waals surface area contributed by atoms with Gasteiger partial charge in [0.2, 0.25) is 0 Å². The summed E-state index contributed by atoms with van der Waals surface area (Å²) in [5, 5.41) is 0.802. The predicted octanol–water partition coefficient (Wildman–Crippen LogP) is 4.82. The molecular weight excluding hydrogens is 498 g/mol. The maximum atomic E-state index is 13.1. The molecule has 4 aromatic rings. The van der Waals surface area contributed by atoms with Crippen LogP contribution < -0.4 is 9.80 Å². The molecule has 2 amide bonds. The fourth-order valence-electron chi connectivity index (χ4n) is 5.59. The van der Waals surface area contributed by atoms with E-state index in [-0.39, 0.29) is 11.3 Å². The first kappa shape index (κ1) is 24.6. The van der Waals surface area contributed by atoms with Crippen molar-refractivity contribution in [2.45, 2.75) is 31.2 Å². The number of aromatic amines is 1. The van der Waals surface area contributed by atoms with E-state index in [2.05, 4.69) is 45.2 Å². The SMILES string of the molecule is CN1C(=O)N(c2ccccc2)Cc2c1cnc1[nH]c(-c3ccc(CN4CCC(S(C)(=O)=O)CC4)cc3)cc21. The zero-order valence-electron chi connectivity index (χ0n) is 21.6. The fourth-order valence-corrected chi connectivity index (χ4v) is 6.66. The van der Waals surface area contributed by atoms with E-state index < -0.39 is 9.84 Å². The van der Waals surface area contributed by atoms with Gasteiger partial charge in [0.1, 0.15) is 15.5 Å². The molecule has 0 saturated carbocycles. The number of hydrogen-bond donors (Lipinski definition) is 1.